The predicted octanol–water partition coefficient (Wildman–Crippen LogP) is 0.803. The molecule has 0 aromatic carbocycles. The second kappa shape index (κ2) is 8.49. The molecule has 2 N–H and O–H groups in total. The minimum Gasteiger partial charge on any atom is -0.481 e. The van der Waals surface area contributed by atoms with Crippen molar-refractivity contribution in [3.8, 4) is 0 Å². The molecule has 0 aromatic rings. The fourth-order valence-corrected chi connectivity index (χ4v) is 1.45. The van der Waals surface area contributed by atoms with E-state index in [4.69, 9.17) is 5.11 Å². The molecule has 0 spiro atoms. The Bertz CT molecular complexity index is 303. The normalized spacial score (nSPS) is 13.5. The third kappa shape index (κ3) is 6.22. The van der Waals surface area contributed by atoms with Crippen LogP contribution in [0, 0.1) is 11.8 Å². The fraction of sp³-hybridized carbons (Fsp3) is 0.750. The van der Waals surface area contributed by atoms with Crippen molar-refractivity contribution >= 4 is 17.8 Å². The molecular weight excluding hydrogens is 238 g/mol. The van der Waals surface area contributed by atoms with Gasteiger partial charge >= 0.3 is 11.9 Å². The predicted molar refractivity (Wildman–Crippen MR) is 64.8 cm³/mol. The van der Waals surface area contributed by atoms with Crippen LogP contribution in [0.4, 0.5) is 0 Å². The first kappa shape index (κ1) is 16.4. The highest BCUT2D eigenvalue weighted by atomic mass is 16.5. The summed E-state index contributed by atoms with van der Waals surface area (Å²) in [6.07, 6.45) is 0.339. The highest BCUT2D eigenvalue weighted by molar-refractivity contribution is 5.94. The monoisotopic (exact) mass is 259 g/mol. The summed E-state index contributed by atoms with van der Waals surface area (Å²) in [7, 11) is 0. The third-order valence-corrected chi connectivity index (χ3v) is 2.78. The average molecular weight is 259 g/mol. The Kier molecular flexibility index (Phi) is 7.74. The largest absolute Gasteiger partial charge is 0.481 e. The molecule has 6 nitrogen and oxygen atoms in total. The van der Waals surface area contributed by atoms with Gasteiger partial charge in [-0.2, -0.15) is 0 Å². The van der Waals surface area contributed by atoms with Gasteiger partial charge in [-0.3, -0.25) is 14.4 Å². The lowest BCUT2D eigenvalue weighted by atomic mass is 9.92. The van der Waals surface area contributed by atoms with Crippen LogP contribution in [0.1, 0.15) is 33.6 Å². The summed E-state index contributed by atoms with van der Waals surface area (Å²) >= 11 is 0. The van der Waals surface area contributed by atoms with Crippen LogP contribution in [0.2, 0.25) is 0 Å². The summed E-state index contributed by atoms with van der Waals surface area (Å²) in [5.41, 5.74) is 0. The quantitative estimate of drug-likeness (QED) is 0.497. The van der Waals surface area contributed by atoms with Crippen molar-refractivity contribution in [3.05, 3.63) is 0 Å². The zero-order valence-corrected chi connectivity index (χ0v) is 11.1. The molecule has 2 atom stereocenters. The molecule has 18 heavy (non-hydrogen) atoms. The summed E-state index contributed by atoms with van der Waals surface area (Å²) < 4.78 is 4.62. The van der Waals surface area contributed by atoms with E-state index in [9.17, 15) is 14.4 Å². The SMILES string of the molecule is CCOC(=O)CC(=O)NCC(C(=O)O)C(C)CC. The van der Waals surface area contributed by atoms with E-state index in [0.29, 0.717) is 6.42 Å². The molecule has 0 aliphatic heterocycles. The van der Waals surface area contributed by atoms with E-state index >= 15 is 0 Å². The van der Waals surface area contributed by atoms with Gasteiger partial charge in [0.25, 0.3) is 0 Å². The van der Waals surface area contributed by atoms with E-state index in [0.717, 1.165) is 0 Å². The summed E-state index contributed by atoms with van der Waals surface area (Å²) in [6, 6.07) is 0. The van der Waals surface area contributed by atoms with E-state index in [-0.39, 0.29) is 25.5 Å². The Hall–Kier alpha value is -1.59. The van der Waals surface area contributed by atoms with Gasteiger partial charge < -0.3 is 15.2 Å². The van der Waals surface area contributed by atoms with Crippen molar-refractivity contribution in [2.45, 2.75) is 33.6 Å². The Labute approximate surface area is 107 Å². The number of carboxylic acids is 1. The molecule has 0 saturated carbocycles. The van der Waals surface area contributed by atoms with Gasteiger partial charge in [0.2, 0.25) is 5.91 Å². The Balaban J connectivity index is 4.15. The maximum Gasteiger partial charge on any atom is 0.315 e. The molecule has 0 aromatic heterocycles. The van der Waals surface area contributed by atoms with Crippen molar-refractivity contribution < 1.29 is 24.2 Å². The Morgan fingerprint density at radius 3 is 2.33 bits per heavy atom. The molecule has 2 unspecified atom stereocenters. The number of esters is 1. The fourth-order valence-electron chi connectivity index (χ4n) is 1.45. The van der Waals surface area contributed by atoms with E-state index in [2.05, 4.69) is 10.1 Å². The number of nitrogens with one attached hydrogen (secondary N) is 1. The Morgan fingerprint density at radius 1 is 1.28 bits per heavy atom. The summed E-state index contributed by atoms with van der Waals surface area (Å²) in [6.45, 7) is 5.61. The number of amides is 1. The van der Waals surface area contributed by atoms with Crippen LogP contribution < -0.4 is 5.32 Å². The molecule has 0 rings (SSSR count). The highest BCUT2D eigenvalue weighted by Gasteiger charge is 2.24. The molecule has 6 heteroatoms. The minimum atomic E-state index is -0.944. The Morgan fingerprint density at radius 2 is 1.89 bits per heavy atom. The smallest absolute Gasteiger partial charge is 0.315 e. The maximum absolute atomic E-state index is 11.4. The van der Waals surface area contributed by atoms with Gasteiger partial charge in [-0.1, -0.05) is 20.3 Å². The van der Waals surface area contributed by atoms with Crippen molar-refractivity contribution in [1.82, 2.24) is 5.32 Å². The molecule has 0 saturated heterocycles. The molecule has 104 valence electrons. The average Bonchev–Trinajstić information content (AvgIpc) is 2.28. The summed E-state index contributed by atoms with van der Waals surface area (Å²) in [5, 5.41) is 11.5. The number of carboxylic acid groups (broad SMARTS) is 1. The molecule has 0 radical (unpaired) electrons. The highest BCUT2D eigenvalue weighted by Crippen LogP contribution is 2.14. The van der Waals surface area contributed by atoms with Gasteiger partial charge in [0, 0.05) is 6.54 Å². The van der Waals surface area contributed by atoms with Crippen molar-refractivity contribution in [2.24, 2.45) is 11.8 Å². The molecular formula is C12H21NO5. The van der Waals surface area contributed by atoms with Crippen LogP contribution in [-0.4, -0.2) is 36.1 Å². The van der Waals surface area contributed by atoms with Crippen LogP contribution in [0.15, 0.2) is 0 Å². The first-order valence-electron chi connectivity index (χ1n) is 6.07. The second-order valence-electron chi connectivity index (χ2n) is 4.12. The number of carbonyl (C=O) groups is 3. The topological polar surface area (TPSA) is 92.7 Å². The lowest BCUT2D eigenvalue weighted by Crippen LogP contribution is -2.37. The number of rotatable bonds is 8. The number of hydrogen-bond donors (Lipinski definition) is 2. The first-order valence-corrected chi connectivity index (χ1v) is 6.07. The number of hydrogen-bond acceptors (Lipinski definition) is 4. The van der Waals surface area contributed by atoms with Gasteiger partial charge in [0.1, 0.15) is 6.42 Å². The van der Waals surface area contributed by atoms with Crippen LogP contribution in [0.3, 0.4) is 0 Å². The van der Waals surface area contributed by atoms with E-state index in [1.54, 1.807) is 6.92 Å². The zero-order chi connectivity index (χ0) is 14.1. The van der Waals surface area contributed by atoms with E-state index < -0.39 is 23.8 Å². The second-order valence-corrected chi connectivity index (χ2v) is 4.12. The molecule has 0 heterocycles. The van der Waals surface area contributed by atoms with Crippen LogP contribution >= 0.6 is 0 Å². The number of carbonyl (C=O) groups excluding carboxylic acids is 2. The van der Waals surface area contributed by atoms with Gasteiger partial charge in [0.15, 0.2) is 0 Å². The van der Waals surface area contributed by atoms with Crippen LogP contribution in [0.25, 0.3) is 0 Å². The van der Waals surface area contributed by atoms with E-state index in [1.807, 2.05) is 13.8 Å². The maximum atomic E-state index is 11.4. The zero-order valence-electron chi connectivity index (χ0n) is 11.1. The van der Waals surface area contributed by atoms with Gasteiger partial charge in [-0.25, -0.2) is 0 Å². The molecule has 1 amide bonds. The van der Waals surface area contributed by atoms with Crippen molar-refractivity contribution in [3.63, 3.8) is 0 Å². The summed E-state index contributed by atoms with van der Waals surface area (Å²) in [5.74, 6) is -2.74. The molecule has 0 fully saturated rings. The van der Waals surface area contributed by atoms with Crippen LogP contribution in [-0.2, 0) is 19.1 Å². The van der Waals surface area contributed by atoms with Gasteiger partial charge in [-0.05, 0) is 12.8 Å². The van der Waals surface area contributed by atoms with Crippen molar-refractivity contribution in [1.29, 1.82) is 0 Å². The third-order valence-electron chi connectivity index (χ3n) is 2.78. The lowest BCUT2D eigenvalue weighted by molar-refractivity contribution is -0.146. The lowest BCUT2D eigenvalue weighted by Gasteiger charge is -2.18. The number of aliphatic carboxylic acids is 1. The van der Waals surface area contributed by atoms with Crippen LogP contribution in [0.5, 0.6) is 0 Å². The van der Waals surface area contributed by atoms with Crippen molar-refractivity contribution in [2.75, 3.05) is 13.2 Å². The molecule has 0 bridgehead atoms. The van der Waals surface area contributed by atoms with E-state index in [1.165, 1.54) is 0 Å². The van der Waals surface area contributed by atoms with Gasteiger partial charge in [0.05, 0.1) is 12.5 Å². The standard InChI is InChI=1S/C12H21NO5/c1-4-8(3)9(12(16)17)7-13-10(14)6-11(15)18-5-2/h8-9H,4-7H2,1-3H3,(H,13,14)(H,16,17). The minimum absolute atomic E-state index is 0.0303. The summed E-state index contributed by atoms with van der Waals surface area (Å²) in [4.78, 5) is 33.4. The first-order chi connectivity index (χ1) is 8.42. The molecule has 0 aliphatic rings. The molecule has 0 aliphatic carbocycles. The number of ether oxygens (including phenoxy) is 1. The van der Waals surface area contributed by atoms with Gasteiger partial charge in [-0.15, -0.1) is 0 Å².